The van der Waals surface area contributed by atoms with Crippen LogP contribution in [0.4, 0.5) is 0 Å². The van der Waals surface area contributed by atoms with Gasteiger partial charge in [0, 0.05) is 0 Å². The molecule has 21 heavy (non-hydrogen) atoms. The second kappa shape index (κ2) is 4.23. The highest BCUT2D eigenvalue weighted by atomic mass is 16.2. The van der Waals surface area contributed by atoms with Crippen molar-refractivity contribution in [3.63, 3.8) is 0 Å². The van der Waals surface area contributed by atoms with Crippen molar-refractivity contribution in [2.75, 3.05) is 0 Å². The Morgan fingerprint density at radius 3 is 1.43 bits per heavy atom. The van der Waals surface area contributed by atoms with Crippen LogP contribution >= 0.6 is 0 Å². The summed E-state index contributed by atoms with van der Waals surface area (Å²) in [7, 11) is 0. The molecule has 0 aromatic rings. The zero-order chi connectivity index (χ0) is 17.2. The monoisotopic (exact) mass is 296 g/mol. The van der Waals surface area contributed by atoms with Crippen LogP contribution in [-0.4, -0.2) is 11.8 Å². The lowest BCUT2D eigenvalue weighted by Crippen LogP contribution is -2.73. The Balaban J connectivity index is 3.86. The van der Waals surface area contributed by atoms with Crippen LogP contribution in [0.25, 0.3) is 0 Å². The number of hydrogen-bond donors (Lipinski definition) is 2. The molecule has 0 aromatic heterocycles. The molecule has 1 saturated carbocycles. The SMILES string of the molecule is CC1C(C)(C)C(C)(C(N)=O)C(C)(C)C(C)(C)C1(C)C(N)=O. The van der Waals surface area contributed by atoms with Crippen LogP contribution in [0.15, 0.2) is 0 Å². The standard InChI is InChI=1S/C17H32N2O2/c1-10-13(2,3)17(9,12(19)21)15(6,7)14(4,5)16(10,8)11(18)20/h10H,1-9H3,(H2,18,20)(H2,19,21). The number of carbonyl (C=O) groups is 2. The van der Waals surface area contributed by atoms with Crippen molar-refractivity contribution < 1.29 is 9.59 Å². The van der Waals surface area contributed by atoms with Crippen molar-refractivity contribution in [3.8, 4) is 0 Å². The molecule has 1 aliphatic rings. The fourth-order valence-electron chi connectivity index (χ4n) is 4.92. The van der Waals surface area contributed by atoms with Gasteiger partial charge in [-0.15, -0.1) is 0 Å². The molecule has 3 atom stereocenters. The van der Waals surface area contributed by atoms with Gasteiger partial charge in [-0.05, 0) is 36.0 Å². The van der Waals surface area contributed by atoms with E-state index in [0.717, 1.165) is 0 Å². The maximum absolute atomic E-state index is 12.4. The van der Waals surface area contributed by atoms with E-state index in [0.29, 0.717) is 0 Å². The Bertz CT molecular complexity index is 493. The smallest absolute Gasteiger partial charge is 0.224 e. The van der Waals surface area contributed by atoms with Gasteiger partial charge in [0.2, 0.25) is 11.8 Å². The number of primary amides is 2. The Kier molecular flexibility index (Phi) is 3.63. The molecule has 0 aliphatic heterocycles. The van der Waals surface area contributed by atoms with Crippen LogP contribution in [0.5, 0.6) is 0 Å². The number of rotatable bonds is 2. The topological polar surface area (TPSA) is 86.2 Å². The fraction of sp³-hybridized carbons (Fsp3) is 0.882. The Morgan fingerprint density at radius 2 is 1.14 bits per heavy atom. The molecule has 0 aromatic carbocycles. The average molecular weight is 296 g/mol. The minimum absolute atomic E-state index is 0.0805. The molecule has 4 nitrogen and oxygen atoms in total. The maximum Gasteiger partial charge on any atom is 0.224 e. The van der Waals surface area contributed by atoms with Crippen LogP contribution in [0, 0.1) is 33.0 Å². The van der Waals surface area contributed by atoms with Gasteiger partial charge in [-0.25, -0.2) is 0 Å². The summed E-state index contributed by atoms with van der Waals surface area (Å²) in [5.74, 6) is -0.709. The highest BCUT2D eigenvalue weighted by Gasteiger charge is 2.74. The van der Waals surface area contributed by atoms with Crippen molar-refractivity contribution in [1.82, 2.24) is 0 Å². The zero-order valence-electron chi connectivity index (χ0n) is 15.0. The molecule has 0 radical (unpaired) electrons. The first-order valence-electron chi connectivity index (χ1n) is 7.64. The van der Waals surface area contributed by atoms with Crippen molar-refractivity contribution in [2.24, 2.45) is 44.5 Å². The van der Waals surface area contributed by atoms with Gasteiger partial charge in [0.25, 0.3) is 0 Å². The molecule has 122 valence electrons. The summed E-state index contributed by atoms with van der Waals surface area (Å²) >= 11 is 0. The number of nitrogens with two attached hydrogens (primary N) is 2. The lowest BCUT2D eigenvalue weighted by Gasteiger charge is -2.71. The van der Waals surface area contributed by atoms with Crippen LogP contribution in [-0.2, 0) is 9.59 Å². The van der Waals surface area contributed by atoms with E-state index >= 15 is 0 Å². The van der Waals surface area contributed by atoms with Gasteiger partial charge >= 0.3 is 0 Å². The van der Waals surface area contributed by atoms with Crippen molar-refractivity contribution in [1.29, 1.82) is 0 Å². The van der Waals surface area contributed by atoms with E-state index in [1.807, 2.05) is 62.3 Å². The van der Waals surface area contributed by atoms with Crippen LogP contribution < -0.4 is 11.5 Å². The normalized spacial score (nSPS) is 40.5. The van der Waals surface area contributed by atoms with Gasteiger partial charge in [-0.1, -0.05) is 48.5 Å². The molecule has 4 N–H and O–H groups in total. The first kappa shape index (κ1) is 18.0. The molecule has 1 fully saturated rings. The molecule has 1 rings (SSSR count). The third-order valence-corrected chi connectivity index (χ3v) is 8.35. The quantitative estimate of drug-likeness (QED) is 0.820. The summed E-state index contributed by atoms with van der Waals surface area (Å²) in [5.41, 5.74) is 8.75. The first-order chi connectivity index (χ1) is 9.04. The highest BCUT2D eigenvalue weighted by Crippen LogP contribution is 2.73. The lowest BCUT2D eigenvalue weighted by molar-refractivity contribution is -0.241. The van der Waals surface area contributed by atoms with E-state index in [4.69, 9.17) is 11.5 Å². The third-order valence-electron chi connectivity index (χ3n) is 8.35. The molecular formula is C17H32N2O2. The van der Waals surface area contributed by atoms with Crippen molar-refractivity contribution >= 4 is 11.8 Å². The first-order valence-corrected chi connectivity index (χ1v) is 7.64. The van der Waals surface area contributed by atoms with Gasteiger partial charge in [0.05, 0.1) is 10.8 Å². The molecule has 0 bridgehead atoms. The van der Waals surface area contributed by atoms with Crippen LogP contribution in [0.2, 0.25) is 0 Å². The van der Waals surface area contributed by atoms with E-state index in [-0.39, 0.29) is 17.7 Å². The minimum Gasteiger partial charge on any atom is -0.369 e. The van der Waals surface area contributed by atoms with E-state index in [9.17, 15) is 9.59 Å². The molecule has 0 heterocycles. The summed E-state index contributed by atoms with van der Waals surface area (Å²) in [4.78, 5) is 24.8. The van der Waals surface area contributed by atoms with Gasteiger partial charge in [0.1, 0.15) is 0 Å². The minimum atomic E-state index is -0.752. The average Bonchev–Trinajstić information content (AvgIpc) is 2.32. The van der Waals surface area contributed by atoms with E-state index in [1.54, 1.807) is 0 Å². The molecule has 0 saturated heterocycles. The second-order valence-electron chi connectivity index (χ2n) is 8.75. The van der Waals surface area contributed by atoms with Crippen LogP contribution in [0.1, 0.15) is 62.3 Å². The van der Waals surface area contributed by atoms with E-state index < -0.39 is 27.1 Å². The second-order valence-corrected chi connectivity index (χ2v) is 8.75. The van der Waals surface area contributed by atoms with Gasteiger partial charge in [0.15, 0.2) is 0 Å². The molecule has 2 amide bonds. The molecule has 3 unspecified atom stereocenters. The summed E-state index contributed by atoms with van der Waals surface area (Å²) in [6.07, 6.45) is 0. The summed E-state index contributed by atoms with van der Waals surface area (Å²) < 4.78 is 0. The number of carbonyl (C=O) groups excluding carboxylic acids is 2. The van der Waals surface area contributed by atoms with E-state index in [2.05, 4.69) is 0 Å². The van der Waals surface area contributed by atoms with Crippen molar-refractivity contribution in [2.45, 2.75) is 62.3 Å². The third kappa shape index (κ3) is 1.56. The summed E-state index contributed by atoms with van der Waals surface area (Å²) in [6, 6.07) is 0. The van der Waals surface area contributed by atoms with E-state index in [1.165, 1.54) is 0 Å². The number of amides is 2. The predicted octanol–water partition coefficient (Wildman–Crippen LogP) is 2.70. The Morgan fingerprint density at radius 1 is 0.762 bits per heavy atom. The van der Waals surface area contributed by atoms with Crippen molar-refractivity contribution in [3.05, 3.63) is 0 Å². The molecular weight excluding hydrogens is 264 g/mol. The molecule has 1 aliphatic carbocycles. The highest BCUT2D eigenvalue weighted by molar-refractivity contribution is 5.86. The van der Waals surface area contributed by atoms with Gasteiger partial charge in [-0.3, -0.25) is 9.59 Å². The van der Waals surface area contributed by atoms with Gasteiger partial charge in [-0.2, -0.15) is 0 Å². The van der Waals surface area contributed by atoms with Gasteiger partial charge < -0.3 is 11.5 Å². The lowest BCUT2D eigenvalue weighted by atomic mass is 9.31. The van der Waals surface area contributed by atoms with Crippen LogP contribution in [0.3, 0.4) is 0 Å². The largest absolute Gasteiger partial charge is 0.369 e. The Hall–Kier alpha value is -1.06. The zero-order valence-corrected chi connectivity index (χ0v) is 15.0. The maximum atomic E-state index is 12.4. The number of hydrogen-bond acceptors (Lipinski definition) is 2. The summed E-state index contributed by atoms with van der Waals surface area (Å²) in [5, 5.41) is 0. The molecule has 4 heteroatoms. The predicted molar refractivity (Wildman–Crippen MR) is 85.1 cm³/mol. The fourth-order valence-corrected chi connectivity index (χ4v) is 4.92. The Labute approximate surface area is 129 Å². The summed E-state index contributed by atoms with van der Waals surface area (Å²) in [6.45, 7) is 18.1. The molecule has 0 spiro atoms.